The molecule has 11 nitrogen and oxygen atoms in total. The summed E-state index contributed by atoms with van der Waals surface area (Å²) in [5.74, 6) is -34.5. The molecule has 0 aliphatic heterocycles. The van der Waals surface area contributed by atoms with Crippen LogP contribution in [0.3, 0.4) is 0 Å². The molecule has 0 amide bonds. The molecule has 0 aromatic carbocycles. The van der Waals surface area contributed by atoms with Crippen LogP contribution in [0.25, 0.3) is 0 Å². The molecular formula is C20H21F14O11S-. The van der Waals surface area contributed by atoms with Crippen molar-refractivity contribution in [3.05, 3.63) is 0 Å². The predicted molar refractivity (Wildman–Crippen MR) is 114 cm³/mol. The lowest BCUT2D eigenvalue weighted by Gasteiger charge is -2.29. The molecule has 0 aromatic rings. The van der Waals surface area contributed by atoms with E-state index in [1.165, 1.54) is 0 Å². The van der Waals surface area contributed by atoms with Crippen molar-refractivity contribution in [2.75, 3.05) is 26.4 Å². The van der Waals surface area contributed by atoms with Crippen molar-refractivity contribution >= 4 is 28.0 Å². The number of alkyl halides is 14. The molecule has 4 atom stereocenters. The lowest BCUT2D eigenvalue weighted by Crippen LogP contribution is -2.54. The third kappa shape index (κ3) is 11.2. The van der Waals surface area contributed by atoms with Gasteiger partial charge in [-0.2, -0.15) is 61.5 Å². The van der Waals surface area contributed by atoms with Gasteiger partial charge in [0.1, 0.15) is 35.5 Å². The van der Waals surface area contributed by atoms with Crippen molar-refractivity contribution in [1.29, 1.82) is 0 Å². The highest BCUT2D eigenvalue weighted by Crippen LogP contribution is 2.47. The van der Waals surface area contributed by atoms with E-state index < -0.39 is 120 Å². The molecule has 0 rings (SSSR count). The van der Waals surface area contributed by atoms with Gasteiger partial charge in [-0.3, -0.25) is 14.4 Å². The van der Waals surface area contributed by atoms with Crippen LogP contribution in [0.2, 0.25) is 0 Å². The molecule has 0 radical (unpaired) electrons. The topological polar surface area (TPSA) is 166 Å². The molecule has 26 heteroatoms. The van der Waals surface area contributed by atoms with Crippen molar-refractivity contribution in [1.82, 2.24) is 0 Å². The normalized spacial score (nSPS) is 16.7. The van der Waals surface area contributed by atoms with E-state index in [1.54, 1.807) is 0 Å². The van der Waals surface area contributed by atoms with Gasteiger partial charge in [-0.1, -0.05) is 0 Å². The zero-order valence-corrected chi connectivity index (χ0v) is 23.4. The Labute approximate surface area is 247 Å². The Bertz CT molecular complexity index is 1170. The largest absolute Gasteiger partial charge is 0.747 e. The molecule has 1 N–H and O–H groups in total. The zero-order valence-electron chi connectivity index (χ0n) is 22.6. The smallest absolute Gasteiger partial charge is 0.459 e. The van der Waals surface area contributed by atoms with Crippen LogP contribution >= 0.6 is 0 Å². The van der Waals surface area contributed by atoms with Crippen LogP contribution in [0.5, 0.6) is 0 Å². The Kier molecular flexibility index (Phi) is 14.1. The number of carbonyl (C=O) groups excluding carboxylic acids is 2. The SMILES string of the molecule is CC(COCC(F)(F)C(F)(F)C(F)(F)F)OC(=O)C(CC(=O)O)C(C(=O)OC(C)COCC(F)(F)C(F)(F)C(F)(F)F)S(=O)(=O)[O-]. The van der Waals surface area contributed by atoms with Crippen molar-refractivity contribution < 1.29 is 113 Å². The Balaban J connectivity index is 5.67. The molecule has 272 valence electrons. The van der Waals surface area contributed by atoms with Crippen LogP contribution in [-0.4, -0.2) is 116 Å². The first-order chi connectivity index (χ1) is 20.2. The van der Waals surface area contributed by atoms with Gasteiger partial charge in [-0.25, -0.2) is 8.42 Å². The molecule has 0 spiro atoms. The van der Waals surface area contributed by atoms with Gasteiger partial charge in [0.05, 0.1) is 25.6 Å². The molecule has 46 heavy (non-hydrogen) atoms. The van der Waals surface area contributed by atoms with Crippen molar-refractivity contribution in [2.24, 2.45) is 5.92 Å². The Morgan fingerprint density at radius 2 is 1.00 bits per heavy atom. The van der Waals surface area contributed by atoms with E-state index >= 15 is 0 Å². The highest BCUT2D eigenvalue weighted by molar-refractivity contribution is 7.87. The van der Waals surface area contributed by atoms with E-state index in [0.717, 1.165) is 0 Å². The van der Waals surface area contributed by atoms with Gasteiger partial charge < -0.3 is 28.6 Å². The van der Waals surface area contributed by atoms with Crippen LogP contribution in [0, 0.1) is 5.92 Å². The lowest BCUT2D eigenvalue weighted by molar-refractivity contribution is -0.361. The van der Waals surface area contributed by atoms with Gasteiger partial charge in [0.25, 0.3) is 0 Å². The number of carboxylic acids is 1. The summed E-state index contributed by atoms with van der Waals surface area (Å²) in [7, 11) is -6.18. The molecule has 0 bridgehead atoms. The molecule has 0 saturated heterocycles. The number of carbonyl (C=O) groups is 3. The van der Waals surface area contributed by atoms with Gasteiger partial charge >= 0.3 is 54.0 Å². The Morgan fingerprint density at radius 1 is 0.674 bits per heavy atom. The average Bonchev–Trinajstić information content (AvgIpc) is 2.80. The van der Waals surface area contributed by atoms with Crippen molar-refractivity contribution in [3.8, 4) is 0 Å². The average molecular weight is 735 g/mol. The Hall–Kier alpha value is -2.74. The third-order valence-electron chi connectivity index (χ3n) is 5.14. The number of carboxylic acid groups (broad SMARTS) is 1. The van der Waals surface area contributed by atoms with Gasteiger partial charge in [-0.15, -0.1) is 0 Å². The number of esters is 2. The molecule has 4 unspecified atom stereocenters. The second kappa shape index (κ2) is 15.0. The molecule has 0 aromatic heterocycles. The van der Waals surface area contributed by atoms with E-state index in [2.05, 4.69) is 18.9 Å². The summed E-state index contributed by atoms with van der Waals surface area (Å²) in [6, 6.07) is 0. The highest BCUT2D eigenvalue weighted by atomic mass is 32.2. The zero-order chi connectivity index (χ0) is 36.9. The van der Waals surface area contributed by atoms with Crippen molar-refractivity contribution in [2.45, 2.75) is 73.8 Å². The first-order valence-electron chi connectivity index (χ1n) is 11.6. The second-order valence-electron chi connectivity index (χ2n) is 9.20. The number of hydrogen-bond donors (Lipinski definition) is 1. The number of ether oxygens (including phenoxy) is 4. The molecule has 0 fully saturated rings. The maximum Gasteiger partial charge on any atom is 0.459 e. The number of rotatable bonds is 18. The summed E-state index contributed by atoms with van der Waals surface area (Å²) in [5.41, 5.74) is 0. The van der Waals surface area contributed by atoms with Crippen LogP contribution in [0.4, 0.5) is 61.5 Å². The van der Waals surface area contributed by atoms with Crippen LogP contribution < -0.4 is 0 Å². The van der Waals surface area contributed by atoms with E-state index in [-0.39, 0.29) is 0 Å². The number of aliphatic carboxylic acids is 1. The molecule has 0 aliphatic carbocycles. The van der Waals surface area contributed by atoms with E-state index in [9.17, 15) is 88.8 Å². The van der Waals surface area contributed by atoms with Gasteiger partial charge in [0, 0.05) is 0 Å². The van der Waals surface area contributed by atoms with E-state index in [0.29, 0.717) is 13.8 Å². The summed E-state index contributed by atoms with van der Waals surface area (Å²) < 4.78 is 230. The quantitative estimate of drug-likeness (QED) is 0.124. The third-order valence-corrected chi connectivity index (χ3v) is 6.29. The lowest BCUT2D eigenvalue weighted by atomic mass is 10.0. The summed E-state index contributed by atoms with van der Waals surface area (Å²) in [5, 5.41) is 5.58. The van der Waals surface area contributed by atoms with Gasteiger partial charge in [0.2, 0.25) is 0 Å². The summed E-state index contributed by atoms with van der Waals surface area (Å²) in [4.78, 5) is 36.0. The van der Waals surface area contributed by atoms with Crippen LogP contribution in [0.1, 0.15) is 20.3 Å². The molecular weight excluding hydrogens is 714 g/mol. The fraction of sp³-hybridized carbons (Fsp3) is 0.850. The fourth-order valence-electron chi connectivity index (χ4n) is 2.91. The summed E-state index contributed by atoms with van der Waals surface area (Å²) >= 11 is 0. The minimum absolute atomic E-state index is 0.606. The highest BCUT2D eigenvalue weighted by Gasteiger charge is 2.74. The Morgan fingerprint density at radius 3 is 1.28 bits per heavy atom. The fourth-order valence-corrected chi connectivity index (χ4v) is 3.81. The van der Waals surface area contributed by atoms with E-state index in [4.69, 9.17) is 5.11 Å². The monoisotopic (exact) mass is 735 g/mol. The van der Waals surface area contributed by atoms with Crippen molar-refractivity contribution in [3.63, 3.8) is 0 Å². The maximum absolute atomic E-state index is 13.3. The first kappa shape index (κ1) is 43.3. The summed E-state index contributed by atoms with van der Waals surface area (Å²) in [6.45, 7) is -6.97. The number of halogens is 14. The molecule has 0 heterocycles. The second-order valence-corrected chi connectivity index (χ2v) is 10.7. The molecule has 0 aliphatic rings. The number of hydrogen-bond acceptors (Lipinski definition) is 10. The van der Waals surface area contributed by atoms with Crippen LogP contribution in [0.15, 0.2) is 0 Å². The molecule has 0 saturated carbocycles. The minimum Gasteiger partial charge on any atom is -0.747 e. The standard InChI is InChI=1S/C20H22F14O11S/c1-8(4-42-6-15(21,22)17(25,26)19(29,30)31)44-13(37)10(3-11(35)36)12(46(39,40)41)14(38)45-9(2)5-43-7-16(23,24)18(27,28)20(32,33)34/h8-10,12H,3-7H2,1-2H3,(H,35,36)(H,39,40,41)/p-1. The van der Waals surface area contributed by atoms with Crippen LogP contribution in [-0.2, 0) is 43.4 Å². The predicted octanol–water partition coefficient (Wildman–Crippen LogP) is 3.55. The van der Waals surface area contributed by atoms with Gasteiger partial charge in [-0.05, 0) is 13.8 Å². The first-order valence-corrected chi connectivity index (χ1v) is 13.1. The summed E-state index contributed by atoms with van der Waals surface area (Å²) in [6.07, 6.45) is -19.3. The minimum atomic E-state index is -6.74. The van der Waals surface area contributed by atoms with Gasteiger partial charge in [0.15, 0.2) is 5.25 Å². The maximum atomic E-state index is 13.3. The van der Waals surface area contributed by atoms with E-state index in [1.807, 2.05) is 0 Å².